The van der Waals surface area contributed by atoms with E-state index < -0.39 is 0 Å². The Hall–Kier alpha value is -3.12. The number of carbonyl (C=O) groups excluding carboxylic acids is 2. The number of halogens is 1. The number of ether oxygens (including phenoxy) is 1. The Balaban J connectivity index is 1.55. The summed E-state index contributed by atoms with van der Waals surface area (Å²) in [6, 6.07) is 22.4. The molecule has 32 heavy (non-hydrogen) atoms. The maximum absolute atomic E-state index is 12.4. The van der Waals surface area contributed by atoms with Gasteiger partial charge in [0.25, 0.3) is 11.8 Å². The van der Waals surface area contributed by atoms with Gasteiger partial charge in [-0.15, -0.1) is 0 Å². The first kappa shape index (κ1) is 23.5. The van der Waals surface area contributed by atoms with Gasteiger partial charge in [0.1, 0.15) is 5.75 Å². The maximum Gasteiger partial charge on any atom is 0.262 e. The van der Waals surface area contributed by atoms with Gasteiger partial charge in [-0.05, 0) is 62.8 Å². The molecule has 0 bridgehead atoms. The van der Waals surface area contributed by atoms with Gasteiger partial charge in [-0.3, -0.25) is 9.59 Å². The fourth-order valence-corrected chi connectivity index (χ4v) is 3.54. The average Bonchev–Trinajstić information content (AvgIpc) is 2.77. The second kappa shape index (κ2) is 10.5. The predicted molar refractivity (Wildman–Crippen MR) is 131 cm³/mol. The standard InChI is InChI=1S/C26H27BrN2O3/c1-26(2,3)20-12-13-23(22(27)15-20)32-17-24(30)29-21-11-7-10-19(14-21)25(31)28-16-18-8-5-4-6-9-18/h4-15H,16-17H2,1-3H3,(H,28,31)(H,29,30). The monoisotopic (exact) mass is 494 g/mol. The van der Waals surface area contributed by atoms with E-state index in [0.717, 1.165) is 10.0 Å². The molecule has 0 unspecified atom stereocenters. The Bertz CT molecular complexity index is 1090. The Labute approximate surface area is 197 Å². The van der Waals surface area contributed by atoms with Crippen molar-refractivity contribution >= 4 is 33.4 Å². The summed E-state index contributed by atoms with van der Waals surface area (Å²) in [6.07, 6.45) is 0. The molecule has 0 heterocycles. The van der Waals surface area contributed by atoms with E-state index in [0.29, 0.717) is 23.5 Å². The number of carbonyl (C=O) groups is 2. The van der Waals surface area contributed by atoms with Crippen LogP contribution in [0.4, 0.5) is 5.69 Å². The highest BCUT2D eigenvalue weighted by Gasteiger charge is 2.16. The molecule has 0 aromatic heterocycles. The second-order valence-corrected chi connectivity index (χ2v) is 9.34. The molecule has 5 nitrogen and oxygen atoms in total. The number of hydrogen-bond donors (Lipinski definition) is 2. The molecule has 3 rings (SSSR count). The van der Waals surface area contributed by atoms with Gasteiger partial charge in [0.2, 0.25) is 0 Å². The van der Waals surface area contributed by atoms with E-state index in [9.17, 15) is 9.59 Å². The largest absolute Gasteiger partial charge is 0.483 e. The van der Waals surface area contributed by atoms with Gasteiger partial charge in [0.05, 0.1) is 4.47 Å². The first-order valence-corrected chi connectivity index (χ1v) is 11.2. The van der Waals surface area contributed by atoms with E-state index in [1.54, 1.807) is 24.3 Å². The molecular formula is C26H27BrN2O3. The summed E-state index contributed by atoms with van der Waals surface area (Å²) in [5.41, 5.74) is 3.22. The maximum atomic E-state index is 12.4. The molecule has 0 aliphatic carbocycles. The highest BCUT2D eigenvalue weighted by atomic mass is 79.9. The molecule has 0 spiro atoms. The lowest BCUT2D eigenvalue weighted by Gasteiger charge is -2.20. The van der Waals surface area contributed by atoms with Crippen LogP contribution in [0.1, 0.15) is 42.3 Å². The Morgan fingerprint density at radius 2 is 1.69 bits per heavy atom. The Morgan fingerprint density at radius 3 is 2.38 bits per heavy atom. The van der Waals surface area contributed by atoms with Crippen molar-refractivity contribution in [3.63, 3.8) is 0 Å². The van der Waals surface area contributed by atoms with Crippen LogP contribution in [0.5, 0.6) is 5.75 Å². The van der Waals surface area contributed by atoms with Gasteiger partial charge in [0.15, 0.2) is 6.61 Å². The molecule has 3 aromatic rings. The lowest BCUT2D eigenvalue weighted by atomic mass is 9.87. The zero-order chi connectivity index (χ0) is 23.1. The molecular weight excluding hydrogens is 468 g/mol. The summed E-state index contributed by atoms with van der Waals surface area (Å²) in [5.74, 6) is 0.0879. The van der Waals surface area contributed by atoms with Gasteiger partial charge in [-0.1, -0.05) is 63.2 Å². The number of anilines is 1. The fraction of sp³-hybridized carbons (Fsp3) is 0.231. The fourth-order valence-electron chi connectivity index (χ4n) is 3.04. The SMILES string of the molecule is CC(C)(C)c1ccc(OCC(=O)Nc2cccc(C(=O)NCc3ccccc3)c2)c(Br)c1. The summed E-state index contributed by atoms with van der Waals surface area (Å²) >= 11 is 3.51. The van der Waals surface area contributed by atoms with Crippen molar-refractivity contribution in [1.29, 1.82) is 0 Å². The average molecular weight is 495 g/mol. The molecule has 6 heteroatoms. The highest BCUT2D eigenvalue weighted by molar-refractivity contribution is 9.10. The number of amides is 2. The van der Waals surface area contributed by atoms with Gasteiger partial charge < -0.3 is 15.4 Å². The lowest BCUT2D eigenvalue weighted by Crippen LogP contribution is -2.23. The first-order chi connectivity index (χ1) is 15.2. The van der Waals surface area contributed by atoms with Crippen LogP contribution < -0.4 is 15.4 Å². The Kier molecular flexibility index (Phi) is 7.70. The van der Waals surface area contributed by atoms with Crippen molar-refractivity contribution in [2.45, 2.75) is 32.7 Å². The summed E-state index contributed by atoms with van der Waals surface area (Å²) in [6.45, 7) is 6.71. The van der Waals surface area contributed by atoms with Crippen LogP contribution in [-0.4, -0.2) is 18.4 Å². The third kappa shape index (κ3) is 6.69. The van der Waals surface area contributed by atoms with Crippen LogP contribution >= 0.6 is 15.9 Å². The van der Waals surface area contributed by atoms with Crippen molar-refractivity contribution < 1.29 is 14.3 Å². The van der Waals surface area contributed by atoms with Crippen LogP contribution in [-0.2, 0) is 16.8 Å². The minimum Gasteiger partial charge on any atom is -0.483 e. The van der Waals surface area contributed by atoms with Gasteiger partial charge >= 0.3 is 0 Å². The number of hydrogen-bond acceptors (Lipinski definition) is 3. The summed E-state index contributed by atoms with van der Waals surface area (Å²) in [4.78, 5) is 24.8. The molecule has 0 aliphatic rings. The van der Waals surface area contributed by atoms with Crippen molar-refractivity contribution in [3.8, 4) is 5.75 Å². The van der Waals surface area contributed by atoms with Gasteiger partial charge in [0, 0.05) is 17.8 Å². The molecule has 2 amide bonds. The number of benzene rings is 3. The molecule has 3 aromatic carbocycles. The number of rotatable bonds is 7. The van der Waals surface area contributed by atoms with E-state index in [1.807, 2.05) is 48.5 Å². The van der Waals surface area contributed by atoms with Crippen molar-refractivity contribution in [1.82, 2.24) is 5.32 Å². The normalized spacial score (nSPS) is 11.0. The van der Waals surface area contributed by atoms with Crippen LogP contribution in [0.3, 0.4) is 0 Å². The smallest absolute Gasteiger partial charge is 0.262 e. The van der Waals surface area contributed by atoms with E-state index in [4.69, 9.17) is 4.74 Å². The van der Waals surface area contributed by atoms with Crippen LogP contribution in [0.15, 0.2) is 77.3 Å². The van der Waals surface area contributed by atoms with E-state index in [-0.39, 0.29) is 23.8 Å². The summed E-state index contributed by atoms with van der Waals surface area (Å²) in [5, 5.41) is 5.66. The Morgan fingerprint density at radius 1 is 0.938 bits per heavy atom. The minimum absolute atomic E-state index is 0.0246. The van der Waals surface area contributed by atoms with Crippen molar-refractivity contribution in [2.75, 3.05) is 11.9 Å². The van der Waals surface area contributed by atoms with Crippen molar-refractivity contribution in [2.24, 2.45) is 0 Å². The van der Waals surface area contributed by atoms with Crippen LogP contribution in [0.25, 0.3) is 0 Å². The topological polar surface area (TPSA) is 67.4 Å². The summed E-state index contributed by atoms with van der Waals surface area (Å²) in [7, 11) is 0. The summed E-state index contributed by atoms with van der Waals surface area (Å²) < 4.78 is 6.47. The third-order valence-corrected chi connectivity index (χ3v) is 5.48. The van der Waals surface area contributed by atoms with Crippen LogP contribution in [0.2, 0.25) is 0 Å². The predicted octanol–water partition coefficient (Wildman–Crippen LogP) is 5.69. The first-order valence-electron chi connectivity index (χ1n) is 10.4. The lowest BCUT2D eigenvalue weighted by molar-refractivity contribution is -0.118. The minimum atomic E-state index is -0.307. The molecule has 0 fully saturated rings. The van der Waals surface area contributed by atoms with E-state index in [1.165, 1.54) is 5.56 Å². The molecule has 0 atom stereocenters. The molecule has 0 radical (unpaired) electrons. The zero-order valence-corrected chi connectivity index (χ0v) is 20.0. The zero-order valence-electron chi connectivity index (χ0n) is 18.4. The van der Waals surface area contributed by atoms with Gasteiger partial charge in [-0.2, -0.15) is 0 Å². The quantitative estimate of drug-likeness (QED) is 0.442. The van der Waals surface area contributed by atoms with Gasteiger partial charge in [-0.25, -0.2) is 0 Å². The number of nitrogens with one attached hydrogen (secondary N) is 2. The van der Waals surface area contributed by atoms with Crippen molar-refractivity contribution in [3.05, 3.63) is 94.0 Å². The van der Waals surface area contributed by atoms with E-state index in [2.05, 4.69) is 47.3 Å². The third-order valence-electron chi connectivity index (χ3n) is 4.86. The molecule has 0 saturated heterocycles. The molecule has 166 valence electrons. The molecule has 0 aliphatic heterocycles. The molecule has 0 saturated carbocycles. The highest BCUT2D eigenvalue weighted by Crippen LogP contribution is 2.31. The van der Waals surface area contributed by atoms with Crippen LogP contribution in [0, 0.1) is 0 Å². The van der Waals surface area contributed by atoms with E-state index >= 15 is 0 Å². The second-order valence-electron chi connectivity index (χ2n) is 8.48. The molecule has 2 N–H and O–H groups in total.